The van der Waals surface area contributed by atoms with Crippen LogP contribution in [0.2, 0.25) is 0 Å². The lowest BCUT2D eigenvalue weighted by Crippen LogP contribution is -2.59. The molecule has 2 aliphatic carbocycles. The molecule has 3 heteroatoms. The lowest BCUT2D eigenvalue weighted by atomic mass is 9.72. The lowest BCUT2D eigenvalue weighted by Gasteiger charge is -2.40. The van der Waals surface area contributed by atoms with E-state index >= 15 is 0 Å². The first-order chi connectivity index (χ1) is 12.6. The Balaban J connectivity index is 1.58. The largest absolute Gasteiger partial charge is 0.370 e. The zero-order chi connectivity index (χ0) is 18.1. The van der Waals surface area contributed by atoms with E-state index in [0.29, 0.717) is 12.0 Å². The quantitative estimate of drug-likeness (QED) is 0.804. The van der Waals surface area contributed by atoms with Crippen molar-refractivity contribution in [2.24, 2.45) is 11.8 Å². The van der Waals surface area contributed by atoms with Crippen LogP contribution >= 0.6 is 0 Å². The number of benzene rings is 1. The van der Waals surface area contributed by atoms with Gasteiger partial charge in [-0.3, -0.25) is 4.79 Å². The van der Waals surface area contributed by atoms with Crippen molar-refractivity contribution in [2.75, 3.05) is 5.32 Å². The summed E-state index contributed by atoms with van der Waals surface area (Å²) in [6.07, 6.45) is 11.8. The molecule has 1 aromatic carbocycles. The van der Waals surface area contributed by atoms with Gasteiger partial charge < -0.3 is 10.6 Å². The number of amides is 1. The first-order valence-electron chi connectivity index (χ1n) is 10.8. The third-order valence-corrected chi connectivity index (χ3v) is 7.23. The molecule has 0 radical (unpaired) electrons. The van der Waals surface area contributed by atoms with E-state index in [4.69, 9.17) is 0 Å². The van der Waals surface area contributed by atoms with E-state index in [1.54, 1.807) is 0 Å². The Kier molecular flexibility index (Phi) is 4.98. The number of aryl methyl sites for hydroxylation is 1. The maximum atomic E-state index is 13.6. The average molecular weight is 355 g/mol. The minimum Gasteiger partial charge on any atom is -0.370 e. The second kappa shape index (κ2) is 7.25. The fraction of sp³-hybridized carbons (Fsp3) is 0.696. The fourth-order valence-electron chi connectivity index (χ4n) is 5.51. The highest BCUT2D eigenvalue weighted by Gasteiger charge is 2.50. The van der Waals surface area contributed by atoms with Crippen molar-refractivity contribution in [2.45, 2.75) is 89.6 Å². The molecule has 1 amide bonds. The van der Waals surface area contributed by atoms with E-state index in [1.165, 1.54) is 61.8 Å². The van der Waals surface area contributed by atoms with Gasteiger partial charge in [-0.2, -0.15) is 0 Å². The van der Waals surface area contributed by atoms with Gasteiger partial charge >= 0.3 is 0 Å². The summed E-state index contributed by atoms with van der Waals surface area (Å²) >= 11 is 0. The van der Waals surface area contributed by atoms with E-state index < -0.39 is 5.54 Å². The minimum absolute atomic E-state index is 0.263. The number of fused-ring (bicyclic) bond motifs is 1. The van der Waals surface area contributed by atoms with Gasteiger partial charge in [-0.05, 0) is 68.4 Å². The van der Waals surface area contributed by atoms with Crippen molar-refractivity contribution >= 4 is 11.6 Å². The molecule has 142 valence electrons. The molecule has 1 unspecified atom stereocenters. The van der Waals surface area contributed by atoms with Crippen molar-refractivity contribution in [3.8, 4) is 0 Å². The smallest absolute Gasteiger partial charge is 0.246 e. The number of nitrogens with one attached hydrogen (secondary N) is 2. The van der Waals surface area contributed by atoms with Crippen LogP contribution in [-0.4, -0.2) is 17.5 Å². The van der Waals surface area contributed by atoms with Crippen LogP contribution in [0, 0.1) is 18.8 Å². The number of rotatable bonds is 3. The minimum atomic E-state index is -0.433. The van der Waals surface area contributed by atoms with Crippen molar-refractivity contribution in [3.05, 3.63) is 29.3 Å². The van der Waals surface area contributed by atoms with Crippen molar-refractivity contribution < 1.29 is 4.79 Å². The summed E-state index contributed by atoms with van der Waals surface area (Å²) < 4.78 is 0. The Hall–Kier alpha value is -1.51. The van der Waals surface area contributed by atoms with Crippen molar-refractivity contribution in [1.82, 2.24) is 5.32 Å². The SMILES string of the molecule is Cc1cccc2c1NC(C(=O)NC1CCC(C)CC1)(C1CCCCC1)C2. The maximum Gasteiger partial charge on any atom is 0.246 e. The summed E-state index contributed by atoms with van der Waals surface area (Å²) in [6, 6.07) is 6.86. The molecule has 2 N–H and O–H groups in total. The van der Waals surface area contributed by atoms with Crippen molar-refractivity contribution in [1.29, 1.82) is 0 Å². The zero-order valence-corrected chi connectivity index (χ0v) is 16.4. The number of anilines is 1. The van der Waals surface area contributed by atoms with Crippen LogP contribution < -0.4 is 10.6 Å². The molecule has 0 spiro atoms. The Morgan fingerprint density at radius 1 is 1.08 bits per heavy atom. The Labute approximate surface area is 158 Å². The monoisotopic (exact) mass is 354 g/mol. The van der Waals surface area contributed by atoms with Gasteiger partial charge in [-0.1, -0.05) is 44.4 Å². The average Bonchev–Trinajstić information content (AvgIpc) is 3.07. The number of carbonyl (C=O) groups is 1. The summed E-state index contributed by atoms with van der Waals surface area (Å²) in [4.78, 5) is 13.6. The molecule has 1 aliphatic heterocycles. The molecule has 0 aromatic heterocycles. The lowest BCUT2D eigenvalue weighted by molar-refractivity contribution is -0.128. The topological polar surface area (TPSA) is 41.1 Å². The summed E-state index contributed by atoms with van der Waals surface area (Å²) in [7, 11) is 0. The highest BCUT2D eigenvalue weighted by atomic mass is 16.2. The highest BCUT2D eigenvalue weighted by Crippen LogP contribution is 2.44. The van der Waals surface area contributed by atoms with E-state index in [0.717, 1.165) is 25.2 Å². The number of carbonyl (C=O) groups excluding carboxylic acids is 1. The molecule has 3 nitrogen and oxygen atoms in total. The molecule has 2 saturated carbocycles. The second-order valence-corrected chi connectivity index (χ2v) is 9.15. The van der Waals surface area contributed by atoms with Gasteiger partial charge in [0.1, 0.15) is 5.54 Å². The van der Waals surface area contributed by atoms with Gasteiger partial charge in [-0.25, -0.2) is 0 Å². The number of para-hydroxylation sites is 1. The fourth-order valence-corrected chi connectivity index (χ4v) is 5.51. The van der Waals surface area contributed by atoms with Crippen LogP contribution in [0.5, 0.6) is 0 Å². The third kappa shape index (κ3) is 3.25. The molecule has 4 rings (SSSR count). The number of hydrogen-bond acceptors (Lipinski definition) is 2. The van der Waals surface area contributed by atoms with Gasteiger partial charge in [0.25, 0.3) is 0 Å². The Bertz CT molecular complexity index is 656. The van der Waals surface area contributed by atoms with Crippen LogP contribution in [0.25, 0.3) is 0 Å². The molecule has 1 atom stereocenters. The molecule has 0 bridgehead atoms. The first-order valence-corrected chi connectivity index (χ1v) is 10.8. The van der Waals surface area contributed by atoms with Crippen LogP contribution in [0.15, 0.2) is 18.2 Å². The molecule has 2 fully saturated rings. The predicted molar refractivity (Wildman–Crippen MR) is 107 cm³/mol. The predicted octanol–water partition coefficient (Wildman–Crippen LogP) is 4.98. The molecular formula is C23H34N2O. The van der Waals surface area contributed by atoms with Gasteiger partial charge in [0.15, 0.2) is 0 Å². The van der Waals surface area contributed by atoms with Crippen LogP contribution in [0.1, 0.15) is 75.8 Å². The van der Waals surface area contributed by atoms with Gasteiger partial charge in [0, 0.05) is 18.2 Å². The molecule has 1 aromatic rings. The first kappa shape index (κ1) is 17.9. The number of hydrogen-bond donors (Lipinski definition) is 2. The Morgan fingerprint density at radius 3 is 2.50 bits per heavy atom. The van der Waals surface area contributed by atoms with Gasteiger partial charge in [-0.15, -0.1) is 0 Å². The second-order valence-electron chi connectivity index (χ2n) is 9.15. The molecule has 3 aliphatic rings. The van der Waals surface area contributed by atoms with E-state index in [2.05, 4.69) is 42.7 Å². The summed E-state index contributed by atoms with van der Waals surface area (Å²) in [6.45, 7) is 4.49. The van der Waals surface area contributed by atoms with Gasteiger partial charge in [0.2, 0.25) is 5.91 Å². The summed E-state index contributed by atoms with van der Waals surface area (Å²) in [5, 5.41) is 7.24. The van der Waals surface area contributed by atoms with E-state index in [1.807, 2.05) is 0 Å². The van der Waals surface area contributed by atoms with Crippen LogP contribution in [-0.2, 0) is 11.2 Å². The molecule has 0 saturated heterocycles. The molecule has 26 heavy (non-hydrogen) atoms. The Morgan fingerprint density at radius 2 is 1.81 bits per heavy atom. The highest BCUT2D eigenvalue weighted by molar-refractivity contribution is 5.93. The van der Waals surface area contributed by atoms with E-state index in [-0.39, 0.29) is 5.91 Å². The molecular weight excluding hydrogens is 320 g/mol. The van der Waals surface area contributed by atoms with Gasteiger partial charge in [0.05, 0.1) is 0 Å². The van der Waals surface area contributed by atoms with Crippen molar-refractivity contribution in [3.63, 3.8) is 0 Å². The molecule has 1 heterocycles. The van der Waals surface area contributed by atoms with E-state index in [9.17, 15) is 4.79 Å². The summed E-state index contributed by atoms with van der Waals surface area (Å²) in [5.74, 6) is 1.53. The van der Waals surface area contributed by atoms with Crippen LogP contribution in [0.4, 0.5) is 5.69 Å². The standard InChI is InChI=1S/C23H34N2O/c1-16-11-13-20(14-12-16)24-22(26)23(19-9-4-3-5-10-19)15-18-8-6-7-17(2)21(18)25-23/h6-8,16,19-20,25H,3-5,9-15H2,1-2H3,(H,24,26). The third-order valence-electron chi connectivity index (χ3n) is 7.23. The normalized spacial score (nSPS) is 31.9. The summed E-state index contributed by atoms with van der Waals surface area (Å²) in [5.41, 5.74) is 3.37. The zero-order valence-electron chi connectivity index (χ0n) is 16.4. The maximum absolute atomic E-state index is 13.6. The van der Waals surface area contributed by atoms with Crippen LogP contribution in [0.3, 0.4) is 0 Å².